The second-order valence-electron chi connectivity index (χ2n) is 9.34. The van der Waals surface area contributed by atoms with Crippen molar-refractivity contribution in [2.24, 2.45) is 0 Å². The highest BCUT2D eigenvalue weighted by Gasteiger charge is 2.20. The molecule has 7 aromatic carbocycles. The molecule has 0 aliphatic rings. The molecule has 0 saturated heterocycles. The van der Waals surface area contributed by atoms with E-state index in [1.807, 2.05) is 0 Å². The molecule has 0 aliphatic carbocycles. The molecule has 9 rings (SSSR count). The second-order valence-corrected chi connectivity index (χ2v) is 9.34. The average molecular weight is 526 g/mol. The van der Waals surface area contributed by atoms with Crippen molar-refractivity contribution in [1.82, 2.24) is 0 Å². The number of benzene rings is 7. The molecule has 0 unspecified atom stereocenters. The number of furan rings is 2. The highest BCUT2D eigenvalue weighted by Crippen LogP contribution is 2.47. The third-order valence-electron chi connectivity index (χ3n) is 7.21. The Balaban J connectivity index is 1.62. The summed E-state index contributed by atoms with van der Waals surface area (Å²) < 4.78 is 146. The highest BCUT2D eigenvalue weighted by atomic mass is 16.3. The van der Waals surface area contributed by atoms with Gasteiger partial charge in [-0.2, -0.15) is 0 Å². The van der Waals surface area contributed by atoms with Crippen LogP contribution in [-0.4, -0.2) is 0 Å². The smallest absolute Gasteiger partial charge is 0.136 e. The molecular weight excluding hydrogens is 488 g/mol. The van der Waals surface area contributed by atoms with Crippen molar-refractivity contribution in [2.75, 3.05) is 0 Å². The topological polar surface area (TPSA) is 26.3 Å². The Bertz CT molecular complexity index is 3190. The SMILES string of the molecule is [2H]c1c([2H])c([2H])c2c([2H])c(-c3c4c([2H])c([2H])c([2H])c([2H])c4c(-c4cccc5oc6cc7ccoc7cc6c45)c4c([2H])c([2H])c([2H])c([2H])c34)c([2H])c([2H])c2c1[2H]. The Morgan fingerprint density at radius 1 is 0.525 bits per heavy atom. The molecule has 0 amide bonds. The fourth-order valence-corrected chi connectivity index (χ4v) is 5.54. The summed E-state index contributed by atoms with van der Waals surface area (Å²) in [6.45, 7) is 0. The molecule has 40 heavy (non-hydrogen) atoms. The summed E-state index contributed by atoms with van der Waals surface area (Å²) in [6, 6.07) is 0.0722. The van der Waals surface area contributed by atoms with Crippen LogP contribution in [0.4, 0.5) is 0 Å². The molecule has 186 valence electrons. The minimum absolute atomic E-state index is 0.00698. The third-order valence-corrected chi connectivity index (χ3v) is 7.21. The predicted molar refractivity (Wildman–Crippen MR) is 167 cm³/mol. The van der Waals surface area contributed by atoms with Crippen molar-refractivity contribution in [3.05, 3.63) is 133 Å². The molecule has 0 bridgehead atoms. The Morgan fingerprint density at radius 2 is 1.23 bits per heavy atom. The fraction of sp³-hybridized carbons (Fsp3) is 0. The lowest BCUT2D eigenvalue weighted by molar-refractivity contribution is 0.616. The Kier molecular flexibility index (Phi) is 2.39. The maximum absolute atomic E-state index is 9.40. The molecular formula is C38H22O2. The van der Waals surface area contributed by atoms with Gasteiger partial charge in [-0.1, -0.05) is 96.7 Å². The van der Waals surface area contributed by atoms with Gasteiger partial charge in [0.1, 0.15) is 16.7 Å². The van der Waals surface area contributed by atoms with Crippen LogP contribution in [0.1, 0.15) is 20.6 Å². The molecule has 9 aromatic rings. The number of hydrogen-bond donors (Lipinski definition) is 0. The molecule has 0 radical (unpaired) electrons. The van der Waals surface area contributed by atoms with Crippen LogP contribution in [-0.2, 0) is 0 Å². The summed E-state index contributed by atoms with van der Waals surface area (Å²) >= 11 is 0. The van der Waals surface area contributed by atoms with Gasteiger partial charge in [0, 0.05) is 16.2 Å². The molecule has 0 atom stereocenters. The minimum Gasteiger partial charge on any atom is -0.464 e. The Labute approximate surface area is 250 Å². The molecule has 0 aliphatic heterocycles. The van der Waals surface area contributed by atoms with E-state index >= 15 is 0 Å². The average Bonchev–Trinajstić information content (AvgIpc) is 3.79. The van der Waals surface area contributed by atoms with Crippen LogP contribution in [0.25, 0.3) is 87.5 Å². The zero-order chi connectivity index (χ0) is 39.3. The lowest BCUT2D eigenvalue weighted by Crippen LogP contribution is -1.91. The third kappa shape index (κ3) is 2.99. The number of fused-ring (bicyclic) bond motifs is 7. The molecule has 2 heteroatoms. The summed E-state index contributed by atoms with van der Waals surface area (Å²) in [5.74, 6) is 0. The first kappa shape index (κ1) is 11.8. The summed E-state index contributed by atoms with van der Waals surface area (Å²) in [5, 5.41) is -0.164. The van der Waals surface area contributed by atoms with Crippen molar-refractivity contribution in [2.45, 2.75) is 0 Å². The van der Waals surface area contributed by atoms with Gasteiger partial charge in [-0.15, -0.1) is 0 Å². The molecule has 2 aromatic heterocycles. The fourth-order valence-electron chi connectivity index (χ4n) is 5.54. The van der Waals surface area contributed by atoms with E-state index in [1.165, 1.54) is 6.26 Å². The maximum atomic E-state index is 9.40. The first-order valence-electron chi connectivity index (χ1n) is 19.9. The number of hydrogen-bond acceptors (Lipinski definition) is 2. The van der Waals surface area contributed by atoms with E-state index in [0.29, 0.717) is 27.5 Å². The van der Waals surface area contributed by atoms with E-state index in [-0.39, 0.29) is 38.2 Å². The van der Waals surface area contributed by atoms with Crippen LogP contribution in [0.2, 0.25) is 0 Å². The second kappa shape index (κ2) is 8.08. The maximum Gasteiger partial charge on any atom is 0.136 e. The quantitative estimate of drug-likeness (QED) is 0.210. The lowest BCUT2D eigenvalue weighted by atomic mass is 9.84. The van der Waals surface area contributed by atoms with E-state index in [0.717, 1.165) is 5.39 Å². The predicted octanol–water partition coefficient (Wildman–Crippen LogP) is 11.1. The van der Waals surface area contributed by atoms with E-state index in [1.54, 1.807) is 36.4 Å². The van der Waals surface area contributed by atoms with Gasteiger partial charge in [0.2, 0.25) is 0 Å². The first-order chi connectivity index (χ1) is 26.1. The van der Waals surface area contributed by atoms with Crippen LogP contribution in [0.5, 0.6) is 0 Å². The Hall–Kier alpha value is -5.34. The van der Waals surface area contributed by atoms with Gasteiger partial charge in [-0.25, -0.2) is 0 Å². The van der Waals surface area contributed by atoms with Crippen LogP contribution in [0.15, 0.2) is 142 Å². The van der Waals surface area contributed by atoms with Gasteiger partial charge in [0.05, 0.1) is 26.8 Å². The molecule has 0 saturated carbocycles. The minimum atomic E-state index is -0.747. The van der Waals surface area contributed by atoms with E-state index in [4.69, 9.17) is 21.2 Å². The van der Waals surface area contributed by atoms with Crippen molar-refractivity contribution in [1.29, 1.82) is 0 Å². The standard InChI is InChI=1S/C38H22O2/c1-2-9-24-20-26(17-16-23(24)8-1)36-27-10-3-5-12-29(27)37(30-13-6-4-11-28(30)36)31-14-7-15-33-38(31)32-22-34-25(18-19-39-34)21-35(32)40-33/h1-22H/i1D,2D,3D,4D,5D,6D,8D,9D,10D,11D,12D,13D,16D,17D,20D. The summed E-state index contributed by atoms with van der Waals surface area (Å²) in [4.78, 5) is 0. The van der Waals surface area contributed by atoms with E-state index < -0.39 is 107 Å². The molecule has 2 heterocycles. The largest absolute Gasteiger partial charge is 0.464 e. The van der Waals surface area contributed by atoms with Crippen molar-refractivity contribution < 1.29 is 29.4 Å². The first-order valence-corrected chi connectivity index (χ1v) is 12.4. The van der Waals surface area contributed by atoms with Gasteiger partial charge in [-0.3, -0.25) is 0 Å². The number of rotatable bonds is 2. The van der Waals surface area contributed by atoms with Crippen molar-refractivity contribution in [3.63, 3.8) is 0 Å². The lowest BCUT2D eigenvalue weighted by Gasteiger charge is -2.18. The van der Waals surface area contributed by atoms with E-state index in [9.17, 15) is 8.22 Å². The van der Waals surface area contributed by atoms with Gasteiger partial charge in [0.15, 0.2) is 0 Å². The molecule has 0 N–H and O–H groups in total. The van der Waals surface area contributed by atoms with Gasteiger partial charge in [-0.05, 0) is 84.9 Å². The monoisotopic (exact) mass is 525 g/mol. The van der Waals surface area contributed by atoms with Crippen LogP contribution in [0.3, 0.4) is 0 Å². The summed E-state index contributed by atoms with van der Waals surface area (Å²) in [6.07, 6.45) is 1.51. The molecule has 0 spiro atoms. The van der Waals surface area contributed by atoms with Gasteiger partial charge >= 0.3 is 0 Å². The summed E-state index contributed by atoms with van der Waals surface area (Å²) in [7, 11) is 0. The molecule has 0 fully saturated rings. The Morgan fingerprint density at radius 3 is 2.00 bits per heavy atom. The zero-order valence-electron chi connectivity index (χ0n) is 35.4. The molecule has 2 nitrogen and oxygen atoms in total. The van der Waals surface area contributed by atoms with Crippen LogP contribution >= 0.6 is 0 Å². The highest BCUT2D eigenvalue weighted by molar-refractivity contribution is 6.26. The van der Waals surface area contributed by atoms with Crippen molar-refractivity contribution >= 4 is 65.2 Å². The summed E-state index contributed by atoms with van der Waals surface area (Å²) in [5.41, 5.74) is 0.712. The van der Waals surface area contributed by atoms with Gasteiger partial charge < -0.3 is 8.83 Å². The van der Waals surface area contributed by atoms with E-state index in [2.05, 4.69) is 0 Å². The van der Waals surface area contributed by atoms with Crippen LogP contribution < -0.4 is 0 Å². The normalized spacial score (nSPS) is 17.2. The van der Waals surface area contributed by atoms with Gasteiger partial charge in [0.25, 0.3) is 0 Å². The van der Waals surface area contributed by atoms with Crippen molar-refractivity contribution in [3.8, 4) is 22.3 Å². The van der Waals surface area contributed by atoms with Crippen LogP contribution in [0, 0.1) is 0 Å². The zero-order valence-corrected chi connectivity index (χ0v) is 20.4.